The van der Waals surface area contributed by atoms with E-state index < -0.39 is 0 Å². The van der Waals surface area contributed by atoms with E-state index in [1.807, 2.05) is 31.5 Å². The van der Waals surface area contributed by atoms with Crippen LogP contribution in [0.4, 0.5) is 0 Å². The van der Waals surface area contributed by atoms with Crippen LogP contribution in [-0.4, -0.2) is 61.8 Å². The molecule has 0 aliphatic carbocycles. The fourth-order valence-electron chi connectivity index (χ4n) is 3.51. The van der Waals surface area contributed by atoms with Crippen LogP contribution >= 0.6 is 0 Å². The lowest BCUT2D eigenvalue weighted by atomic mass is 9.94. The zero-order chi connectivity index (χ0) is 18.8. The van der Waals surface area contributed by atoms with E-state index in [9.17, 15) is 9.59 Å². The SMILES string of the molecule is CNC(=O)C1CN(C(=O)CCn2nc(C)cc2C)CC1c1n[nH]c(C)n1. The molecule has 9 nitrogen and oxygen atoms in total. The fourth-order valence-corrected chi connectivity index (χ4v) is 3.51. The lowest BCUT2D eigenvalue weighted by molar-refractivity contribution is -0.131. The Labute approximate surface area is 152 Å². The van der Waals surface area contributed by atoms with E-state index in [-0.39, 0.29) is 23.7 Å². The van der Waals surface area contributed by atoms with Gasteiger partial charge in [-0.15, -0.1) is 0 Å². The molecular weight excluding hydrogens is 334 g/mol. The van der Waals surface area contributed by atoms with E-state index >= 15 is 0 Å². The number of likely N-dealkylation sites (tertiary alicyclic amines) is 1. The molecule has 26 heavy (non-hydrogen) atoms. The van der Waals surface area contributed by atoms with Gasteiger partial charge in [0.1, 0.15) is 5.82 Å². The number of aryl methyl sites for hydroxylation is 4. The number of hydrogen-bond donors (Lipinski definition) is 2. The molecule has 0 bridgehead atoms. The third kappa shape index (κ3) is 3.61. The van der Waals surface area contributed by atoms with Crippen LogP contribution in [0.2, 0.25) is 0 Å². The lowest BCUT2D eigenvalue weighted by Gasteiger charge is -2.16. The quantitative estimate of drug-likeness (QED) is 0.798. The second kappa shape index (κ2) is 7.27. The Morgan fingerprint density at radius 3 is 2.65 bits per heavy atom. The average molecular weight is 359 g/mol. The maximum Gasteiger partial charge on any atom is 0.225 e. The molecular formula is C17H25N7O2. The van der Waals surface area contributed by atoms with Gasteiger partial charge in [0.2, 0.25) is 11.8 Å². The van der Waals surface area contributed by atoms with Gasteiger partial charge in [-0.1, -0.05) is 0 Å². The molecule has 9 heteroatoms. The van der Waals surface area contributed by atoms with E-state index in [1.54, 1.807) is 11.9 Å². The van der Waals surface area contributed by atoms with Crippen molar-refractivity contribution < 1.29 is 9.59 Å². The summed E-state index contributed by atoms with van der Waals surface area (Å²) in [5, 5.41) is 14.1. The zero-order valence-electron chi connectivity index (χ0n) is 15.6. The molecule has 2 aromatic heterocycles. The minimum Gasteiger partial charge on any atom is -0.359 e. The molecule has 0 aromatic carbocycles. The molecule has 1 aliphatic heterocycles. The van der Waals surface area contributed by atoms with E-state index in [1.165, 1.54) is 0 Å². The Morgan fingerprint density at radius 2 is 2.08 bits per heavy atom. The first-order chi connectivity index (χ1) is 12.4. The van der Waals surface area contributed by atoms with Gasteiger partial charge in [0, 0.05) is 38.8 Å². The van der Waals surface area contributed by atoms with Crippen molar-refractivity contribution in [3.63, 3.8) is 0 Å². The van der Waals surface area contributed by atoms with Gasteiger partial charge in [0.25, 0.3) is 0 Å². The van der Waals surface area contributed by atoms with Crippen molar-refractivity contribution in [2.24, 2.45) is 5.92 Å². The van der Waals surface area contributed by atoms with Crippen molar-refractivity contribution in [3.05, 3.63) is 29.1 Å². The predicted octanol–water partition coefficient (Wildman–Crippen LogP) is 0.305. The summed E-state index contributed by atoms with van der Waals surface area (Å²) >= 11 is 0. The molecule has 0 saturated carbocycles. The maximum atomic E-state index is 12.7. The van der Waals surface area contributed by atoms with E-state index in [2.05, 4.69) is 25.6 Å². The van der Waals surface area contributed by atoms with Gasteiger partial charge in [-0.3, -0.25) is 19.4 Å². The minimum absolute atomic E-state index is 0.0150. The maximum absolute atomic E-state index is 12.7. The third-order valence-corrected chi connectivity index (χ3v) is 4.84. The number of H-pyrrole nitrogens is 1. The van der Waals surface area contributed by atoms with Crippen molar-refractivity contribution in [1.29, 1.82) is 0 Å². The second-order valence-corrected chi connectivity index (χ2v) is 6.81. The molecule has 2 amide bonds. The third-order valence-electron chi connectivity index (χ3n) is 4.84. The first-order valence-corrected chi connectivity index (χ1v) is 8.78. The normalized spacial score (nSPS) is 19.8. The highest BCUT2D eigenvalue weighted by Gasteiger charge is 2.41. The standard InChI is InChI=1S/C17H25N7O2/c1-10-7-11(2)24(22-10)6-5-15(25)23-8-13(14(9-23)17(26)18-4)16-19-12(3)20-21-16/h7,13-14H,5-6,8-9H2,1-4H3,(H,18,26)(H,19,20,21). The Balaban J connectivity index is 1.69. The van der Waals surface area contributed by atoms with Crippen molar-refractivity contribution in [3.8, 4) is 0 Å². The van der Waals surface area contributed by atoms with Crippen molar-refractivity contribution >= 4 is 11.8 Å². The average Bonchev–Trinajstić information content (AvgIpc) is 3.30. The van der Waals surface area contributed by atoms with Crippen LogP contribution in [0.3, 0.4) is 0 Å². The number of nitrogens with zero attached hydrogens (tertiary/aromatic N) is 5. The molecule has 2 unspecified atom stereocenters. The largest absolute Gasteiger partial charge is 0.359 e. The summed E-state index contributed by atoms with van der Waals surface area (Å²) < 4.78 is 1.84. The molecule has 3 heterocycles. The number of carbonyl (C=O) groups excluding carboxylic acids is 2. The molecule has 0 spiro atoms. The summed E-state index contributed by atoms with van der Waals surface area (Å²) in [6, 6.07) is 1.99. The van der Waals surface area contributed by atoms with Crippen LogP contribution in [0.1, 0.15) is 35.4 Å². The van der Waals surface area contributed by atoms with Crippen LogP contribution in [0.5, 0.6) is 0 Å². The van der Waals surface area contributed by atoms with E-state index in [0.717, 1.165) is 11.4 Å². The molecule has 3 rings (SSSR count). The number of nitrogens with one attached hydrogen (secondary N) is 2. The Kier molecular flexibility index (Phi) is 5.06. The summed E-state index contributed by atoms with van der Waals surface area (Å²) in [6.07, 6.45) is 0.349. The fraction of sp³-hybridized carbons (Fsp3) is 0.588. The molecule has 1 fully saturated rings. The number of amides is 2. The molecule has 2 atom stereocenters. The minimum atomic E-state index is -0.340. The van der Waals surface area contributed by atoms with Gasteiger partial charge < -0.3 is 10.2 Å². The van der Waals surface area contributed by atoms with Crippen LogP contribution in [0.15, 0.2) is 6.07 Å². The molecule has 140 valence electrons. The van der Waals surface area contributed by atoms with Crippen LogP contribution < -0.4 is 5.32 Å². The van der Waals surface area contributed by atoms with Gasteiger partial charge in [0.05, 0.1) is 17.5 Å². The summed E-state index contributed by atoms with van der Waals surface area (Å²) in [5.41, 5.74) is 1.98. The van der Waals surface area contributed by atoms with Crippen LogP contribution in [-0.2, 0) is 16.1 Å². The van der Waals surface area contributed by atoms with Gasteiger partial charge in [-0.25, -0.2) is 4.98 Å². The predicted molar refractivity (Wildman–Crippen MR) is 94.3 cm³/mol. The number of aromatic nitrogens is 5. The summed E-state index contributed by atoms with van der Waals surface area (Å²) in [6.45, 7) is 7.09. The topological polar surface area (TPSA) is 109 Å². The molecule has 1 saturated heterocycles. The van der Waals surface area contributed by atoms with Crippen LogP contribution in [0, 0.1) is 26.7 Å². The van der Waals surface area contributed by atoms with Gasteiger partial charge in [-0.2, -0.15) is 10.2 Å². The van der Waals surface area contributed by atoms with Gasteiger partial charge >= 0.3 is 0 Å². The highest BCUT2D eigenvalue weighted by Crippen LogP contribution is 2.31. The molecule has 0 radical (unpaired) electrons. The number of hydrogen-bond acceptors (Lipinski definition) is 5. The summed E-state index contributed by atoms with van der Waals surface area (Å²) in [4.78, 5) is 31.1. The van der Waals surface area contributed by atoms with Gasteiger partial charge in [0.15, 0.2) is 5.82 Å². The smallest absolute Gasteiger partial charge is 0.225 e. The summed E-state index contributed by atoms with van der Waals surface area (Å²) in [5.74, 6) is 0.674. The molecule has 2 aromatic rings. The second-order valence-electron chi connectivity index (χ2n) is 6.81. The Bertz CT molecular complexity index is 810. The Morgan fingerprint density at radius 1 is 1.31 bits per heavy atom. The molecule has 1 aliphatic rings. The first-order valence-electron chi connectivity index (χ1n) is 8.78. The summed E-state index contributed by atoms with van der Waals surface area (Å²) in [7, 11) is 1.61. The number of aromatic amines is 1. The monoisotopic (exact) mass is 359 g/mol. The number of carbonyl (C=O) groups is 2. The van der Waals surface area contributed by atoms with Gasteiger partial charge in [-0.05, 0) is 26.8 Å². The van der Waals surface area contributed by atoms with Crippen LogP contribution in [0.25, 0.3) is 0 Å². The van der Waals surface area contributed by atoms with E-state index in [4.69, 9.17) is 0 Å². The highest BCUT2D eigenvalue weighted by molar-refractivity contribution is 5.83. The lowest BCUT2D eigenvalue weighted by Crippen LogP contribution is -2.34. The van der Waals surface area contributed by atoms with E-state index in [0.29, 0.717) is 37.7 Å². The van der Waals surface area contributed by atoms with Crippen molar-refractivity contribution in [2.75, 3.05) is 20.1 Å². The van der Waals surface area contributed by atoms with Crippen molar-refractivity contribution in [1.82, 2.24) is 35.2 Å². The van der Waals surface area contributed by atoms with Crippen molar-refractivity contribution in [2.45, 2.75) is 39.7 Å². The Hall–Kier alpha value is -2.71. The first kappa shape index (κ1) is 18.1. The highest BCUT2D eigenvalue weighted by atomic mass is 16.2. The zero-order valence-corrected chi connectivity index (χ0v) is 15.6. The number of rotatable bonds is 5. The molecule has 2 N–H and O–H groups in total.